The van der Waals surface area contributed by atoms with Gasteiger partial charge in [0.2, 0.25) is 0 Å². The zero-order chi connectivity index (χ0) is 19.6. The van der Waals surface area contributed by atoms with Crippen LogP contribution < -0.4 is 4.90 Å². The molecule has 6 nitrogen and oxygen atoms in total. The maximum absolute atomic E-state index is 6.28. The van der Waals surface area contributed by atoms with Gasteiger partial charge in [0, 0.05) is 42.2 Å². The van der Waals surface area contributed by atoms with E-state index < -0.39 is 0 Å². The molecule has 3 aromatic rings. The summed E-state index contributed by atoms with van der Waals surface area (Å²) in [4.78, 5) is 9.14. The number of halogens is 1. The van der Waals surface area contributed by atoms with Crippen LogP contribution in [-0.2, 0) is 13.1 Å². The number of fused-ring (bicyclic) bond motifs is 3. The molecule has 0 amide bonds. The molecule has 6 rings (SSSR count). The second kappa shape index (κ2) is 6.28. The third-order valence-corrected chi connectivity index (χ3v) is 6.87. The van der Waals surface area contributed by atoms with E-state index in [2.05, 4.69) is 60.9 Å². The first-order valence-corrected chi connectivity index (χ1v) is 10.6. The second-order valence-electron chi connectivity index (χ2n) is 8.90. The number of rotatable bonds is 2. The molecule has 0 atom stereocenters. The van der Waals surface area contributed by atoms with Crippen LogP contribution in [0.4, 0.5) is 5.82 Å². The van der Waals surface area contributed by atoms with Crippen LogP contribution in [0.2, 0.25) is 5.02 Å². The summed E-state index contributed by atoms with van der Waals surface area (Å²) in [6.07, 6.45) is 4.22. The minimum absolute atomic E-state index is 0.416. The van der Waals surface area contributed by atoms with Crippen LogP contribution >= 0.6 is 11.6 Å². The average Bonchev–Trinajstić information content (AvgIpc) is 2.97. The van der Waals surface area contributed by atoms with Crippen LogP contribution in [0, 0.1) is 5.41 Å². The maximum Gasteiger partial charge on any atom is 0.151 e. The Kier molecular flexibility index (Phi) is 3.77. The van der Waals surface area contributed by atoms with E-state index in [1.165, 1.54) is 24.1 Å². The van der Waals surface area contributed by atoms with E-state index in [0.29, 0.717) is 11.3 Å². The first-order valence-electron chi connectivity index (χ1n) is 10.2. The van der Waals surface area contributed by atoms with Crippen molar-refractivity contribution in [3.63, 3.8) is 0 Å². The number of nitrogens with zero attached hydrogens (tertiary/aromatic N) is 6. The van der Waals surface area contributed by atoms with E-state index >= 15 is 0 Å². The fourth-order valence-corrected chi connectivity index (χ4v) is 5.53. The van der Waals surface area contributed by atoms with E-state index in [1.807, 2.05) is 18.3 Å². The van der Waals surface area contributed by atoms with Gasteiger partial charge in [0.1, 0.15) is 11.6 Å². The predicted octanol–water partition coefficient (Wildman–Crippen LogP) is 3.65. The molecule has 0 unspecified atom stereocenters. The van der Waals surface area contributed by atoms with E-state index in [-0.39, 0.29) is 0 Å². The first kappa shape index (κ1) is 17.4. The van der Waals surface area contributed by atoms with Crippen molar-refractivity contribution in [1.82, 2.24) is 24.6 Å². The van der Waals surface area contributed by atoms with Gasteiger partial charge in [-0.25, -0.2) is 4.98 Å². The predicted molar refractivity (Wildman–Crippen MR) is 112 cm³/mol. The molecule has 0 bridgehead atoms. The number of hydrogen-bond donors (Lipinski definition) is 0. The summed E-state index contributed by atoms with van der Waals surface area (Å²) in [6, 6.07) is 12.3. The van der Waals surface area contributed by atoms with Crippen LogP contribution in [0.15, 0.2) is 42.6 Å². The fraction of sp³-hybridized carbons (Fsp3) is 0.409. The lowest BCUT2D eigenvalue weighted by molar-refractivity contribution is 0.0581. The van der Waals surface area contributed by atoms with Crippen LogP contribution in [0.1, 0.15) is 36.0 Å². The molecule has 2 aliphatic heterocycles. The summed E-state index contributed by atoms with van der Waals surface area (Å²) in [5.74, 6) is 3.69. The monoisotopic (exact) mass is 406 g/mol. The molecule has 4 heterocycles. The molecule has 7 heteroatoms. The molecule has 0 radical (unpaired) electrons. The molecule has 1 spiro atoms. The topological polar surface area (TPSA) is 50.1 Å². The third-order valence-electron chi connectivity index (χ3n) is 6.64. The van der Waals surface area contributed by atoms with Crippen molar-refractivity contribution in [3.8, 4) is 5.69 Å². The highest BCUT2D eigenvalue weighted by atomic mass is 35.5. The maximum atomic E-state index is 6.28. The van der Waals surface area contributed by atoms with Crippen molar-refractivity contribution in [3.05, 3.63) is 64.8 Å². The Morgan fingerprint density at radius 2 is 1.93 bits per heavy atom. The quantitative estimate of drug-likeness (QED) is 0.650. The second-order valence-corrected chi connectivity index (χ2v) is 9.34. The van der Waals surface area contributed by atoms with Crippen LogP contribution in [0.5, 0.6) is 0 Å². The Hall–Kier alpha value is -2.44. The van der Waals surface area contributed by atoms with Crippen LogP contribution in [0.3, 0.4) is 0 Å². The van der Waals surface area contributed by atoms with Crippen molar-refractivity contribution in [2.45, 2.75) is 31.8 Å². The molecular formula is C22H23ClN6. The van der Waals surface area contributed by atoms with Crippen LogP contribution in [-0.4, -0.2) is 44.8 Å². The largest absolute Gasteiger partial charge is 0.355 e. The summed E-state index contributed by atoms with van der Waals surface area (Å²) in [5.41, 5.74) is 2.83. The number of hydrogen-bond acceptors (Lipinski definition) is 5. The zero-order valence-corrected chi connectivity index (χ0v) is 17.2. The molecule has 1 aromatic carbocycles. The fourth-order valence-electron chi connectivity index (χ4n) is 5.34. The van der Waals surface area contributed by atoms with Gasteiger partial charge in [-0.3, -0.25) is 9.47 Å². The Labute approximate surface area is 175 Å². The van der Waals surface area contributed by atoms with Gasteiger partial charge in [0.05, 0.1) is 12.2 Å². The molecule has 2 fully saturated rings. The van der Waals surface area contributed by atoms with E-state index in [0.717, 1.165) is 48.7 Å². The lowest BCUT2D eigenvalue weighted by Gasteiger charge is -2.59. The van der Waals surface area contributed by atoms with Crippen molar-refractivity contribution in [2.75, 3.05) is 25.0 Å². The molecule has 1 aliphatic carbocycles. The molecule has 3 aliphatic rings. The number of benzene rings is 1. The van der Waals surface area contributed by atoms with Gasteiger partial charge >= 0.3 is 0 Å². The standard InChI is InChI=1S/C22H23ClN6/c1-27-11-15-8-17(23)5-6-18(15)29-20(12-27)25-26-21(29)16-9-22(10-16)13-28(14-22)19-4-2-3-7-24-19/h2-8,16H,9-14H2,1H3. The minimum Gasteiger partial charge on any atom is -0.355 e. The molecule has 148 valence electrons. The Morgan fingerprint density at radius 1 is 1.07 bits per heavy atom. The van der Waals surface area contributed by atoms with E-state index in [4.69, 9.17) is 11.6 Å². The summed E-state index contributed by atoms with van der Waals surface area (Å²) >= 11 is 6.28. The summed E-state index contributed by atoms with van der Waals surface area (Å²) in [6.45, 7) is 3.85. The Balaban J connectivity index is 1.25. The van der Waals surface area contributed by atoms with E-state index in [1.54, 1.807) is 0 Å². The van der Waals surface area contributed by atoms with Crippen LogP contribution in [0.25, 0.3) is 5.69 Å². The Bertz CT molecular complexity index is 1060. The summed E-state index contributed by atoms with van der Waals surface area (Å²) in [5, 5.41) is 9.99. The number of anilines is 1. The normalized spacial score (nSPS) is 20.6. The molecule has 0 N–H and O–H groups in total. The van der Waals surface area contributed by atoms with Gasteiger partial charge in [-0.05, 0) is 55.8 Å². The average molecular weight is 407 g/mol. The molecule has 2 aromatic heterocycles. The minimum atomic E-state index is 0.416. The van der Waals surface area contributed by atoms with Gasteiger partial charge < -0.3 is 4.90 Å². The van der Waals surface area contributed by atoms with Crippen molar-refractivity contribution in [2.24, 2.45) is 5.41 Å². The van der Waals surface area contributed by atoms with Gasteiger partial charge in [0.15, 0.2) is 5.82 Å². The van der Waals surface area contributed by atoms with Gasteiger partial charge in [-0.1, -0.05) is 17.7 Å². The summed E-state index contributed by atoms with van der Waals surface area (Å²) in [7, 11) is 2.12. The highest BCUT2D eigenvalue weighted by Crippen LogP contribution is 2.56. The smallest absolute Gasteiger partial charge is 0.151 e. The highest BCUT2D eigenvalue weighted by molar-refractivity contribution is 6.30. The van der Waals surface area contributed by atoms with E-state index in [9.17, 15) is 0 Å². The molecule has 29 heavy (non-hydrogen) atoms. The number of aromatic nitrogens is 4. The highest BCUT2D eigenvalue weighted by Gasteiger charge is 2.54. The lowest BCUT2D eigenvalue weighted by Crippen LogP contribution is -2.62. The molecule has 1 saturated heterocycles. The van der Waals surface area contributed by atoms with Crippen molar-refractivity contribution < 1.29 is 0 Å². The number of pyridine rings is 1. The van der Waals surface area contributed by atoms with Crippen molar-refractivity contribution in [1.29, 1.82) is 0 Å². The summed E-state index contributed by atoms with van der Waals surface area (Å²) < 4.78 is 2.29. The SMILES string of the molecule is CN1Cc2cc(Cl)ccc2-n2c(nnc2C2CC3(C2)CN(c2ccccn2)C3)C1. The third kappa shape index (κ3) is 2.77. The van der Waals surface area contributed by atoms with Gasteiger partial charge in [-0.2, -0.15) is 0 Å². The molecular weight excluding hydrogens is 384 g/mol. The van der Waals surface area contributed by atoms with Crippen molar-refractivity contribution >= 4 is 17.4 Å². The first-order chi connectivity index (χ1) is 14.1. The zero-order valence-electron chi connectivity index (χ0n) is 16.4. The molecule has 1 saturated carbocycles. The Morgan fingerprint density at radius 3 is 2.72 bits per heavy atom. The van der Waals surface area contributed by atoms with Gasteiger partial charge in [0.25, 0.3) is 0 Å². The van der Waals surface area contributed by atoms with Gasteiger partial charge in [-0.15, -0.1) is 10.2 Å². The lowest BCUT2D eigenvalue weighted by atomic mass is 9.57.